The first-order chi connectivity index (χ1) is 13.2. The zero-order valence-electron chi connectivity index (χ0n) is 14.6. The molecule has 3 aromatic rings. The van der Waals surface area contributed by atoms with E-state index in [9.17, 15) is 9.59 Å². The summed E-state index contributed by atoms with van der Waals surface area (Å²) in [6.07, 6.45) is 0. The minimum atomic E-state index is -0.710. The maximum absolute atomic E-state index is 12.6. The number of hydrogen-bond donors (Lipinski definition) is 2. The van der Waals surface area contributed by atoms with Gasteiger partial charge in [-0.2, -0.15) is 0 Å². The zero-order chi connectivity index (χ0) is 19.1. The van der Waals surface area contributed by atoms with Gasteiger partial charge in [-0.15, -0.1) is 10.2 Å². The van der Waals surface area contributed by atoms with Crippen molar-refractivity contribution in [1.29, 1.82) is 0 Å². The van der Waals surface area contributed by atoms with E-state index in [1.165, 1.54) is 0 Å². The quantitative estimate of drug-likeness (QED) is 0.634. The summed E-state index contributed by atoms with van der Waals surface area (Å²) in [7, 11) is 0. The number of nitrogens with one attached hydrogen (secondary N) is 2. The average molecular weight is 382 g/mol. The first kappa shape index (κ1) is 18.7. The fourth-order valence-electron chi connectivity index (χ4n) is 2.34. The number of urea groups is 1. The number of hydrogen-bond acceptors (Lipinski definition) is 6. The molecule has 2 N–H and O–H groups in total. The summed E-state index contributed by atoms with van der Waals surface area (Å²) in [6.45, 7) is 2.20. The Morgan fingerprint density at radius 2 is 1.70 bits per heavy atom. The number of carbonyl (C=O) groups is 2. The smallest absolute Gasteiger partial charge is 0.321 e. The van der Waals surface area contributed by atoms with Gasteiger partial charge in [-0.3, -0.25) is 10.1 Å². The highest BCUT2D eigenvalue weighted by atomic mass is 32.2. The molecule has 3 rings (SSSR count). The van der Waals surface area contributed by atoms with E-state index in [-0.39, 0.29) is 5.22 Å². The van der Waals surface area contributed by atoms with Gasteiger partial charge in [0.2, 0.25) is 11.8 Å². The summed E-state index contributed by atoms with van der Waals surface area (Å²) in [5, 5.41) is 12.5. The van der Waals surface area contributed by atoms with Crippen molar-refractivity contribution in [3.05, 3.63) is 66.2 Å². The molecule has 0 fully saturated rings. The Morgan fingerprint density at radius 3 is 2.37 bits per heavy atom. The Morgan fingerprint density at radius 1 is 1.04 bits per heavy atom. The van der Waals surface area contributed by atoms with Crippen molar-refractivity contribution in [2.45, 2.75) is 17.4 Å². The molecule has 3 amide bonds. The molecule has 0 bridgehead atoms. The second-order valence-electron chi connectivity index (χ2n) is 5.50. The standard InChI is InChI=1S/C19H18N4O3S/c1-2-20-18(25)21-16(24)15(13-9-5-3-6-10-13)27-19-23-22-17(26-19)14-11-7-4-8-12-14/h3-12,15H,2H2,1H3,(H2,20,21,24,25)/t15-/m1/s1. The Labute approximate surface area is 160 Å². The van der Waals surface area contributed by atoms with Crippen LogP contribution in [0.5, 0.6) is 0 Å². The van der Waals surface area contributed by atoms with Gasteiger partial charge in [0.05, 0.1) is 0 Å². The largest absolute Gasteiger partial charge is 0.411 e. The van der Waals surface area contributed by atoms with E-state index in [0.717, 1.165) is 22.9 Å². The summed E-state index contributed by atoms with van der Waals surface area (Å²) >= 11 is 1.09. The second-order valence-corrected chi connectivity index (χ2v) is 6.55. The van der Waals surface area contributed by atoms with Crippen molar-refractivity contribution in [2.24, 2.45) is 0 Å². The van der Waals surface area contributed by atoms with Gasteiger partial charge in [-0.25, -0.2) is 4.79 Å². The summed E-state index contributed by atoms with van der Waals surface area (Å²) in [6, 6.07) is 17.9. The lowest BCUT2D eigenvalue weighted by molar-refractivity contribution is -0.119. The first-order valence-corrected chi connectivity index (χ1v) is 9.24. The molecule has 7 nitrogen and oxygen atoms in total. The number of nitrogens with zero attached hydrogens (tertiary/aromatic N) is 2. The topological polar surface area (TPSA) is 97.1 Å². The summed E-state index contributed by atoms with van der Waals surface area (Å²) < 4.78 is 5.68. The van der Waals surface area contributed by atoms with Crippen LogP contribution in [-0.4, -0.2) is 28.7 Å². The van der Waals surface area contributed by atoms with Crippen molar-refractivity contribution in [3.63, 3.8) is 0 Å². The fourth-order valence-corrected chi connectivity index (χ4v) is 3.21. The number of carbonyl (C=O) groups excluding carboxylic acids is 2. The molecule has 1 atom stereocenters. The molecule has 0 spiro atoms. The lowest BCUT2D eigenvalue weighted by Crippen LogP contribution is -2.41. The number of rotatable bonds is 6. The van der Waals surface area contributed by atoms with Crippen molar-refractivity contribution < 1.29 is 14.0 Å². The molecule has 2 aromatic carbocycles. The van der Waals surface area contributed by atoms with Gasteiger partial charge in [0, 0.05) is 12.1 Å². The van der Waals surface area contributed by atoms with Crippen molar-refractivity contribution in [2.75, 3.05) is 6.54 Å². The highest BCUT2D eigenvalue weighted by molar-refractivity contribution is 8.00. The number of benzene rings is 2. The molecule has 1 heterocycles. The Balaban J connectivity index is 1.81. The summed E-state index contributed by atoms with van der Waals surface area (Å²) in [4.78, 5) is 24.4. The number of imide groups is 1. The lowest BCUT2D eigenvalue weighted by Gasteiger charge is -2.14. The number of amides is 3. The normalized spacial score (nSPS) is 11.6. The second kappa shape index (κ2) is 9.00. The van der Waals surface area contributed by atoms with Gasteiger partial charge in [0.1, 0.15) is 5.25 Å². The summed E-state index contributed by atoms with van der Waals surface area (Å²) in [5.74, 6) is -0.0920. The fraction of sp³-hybridized carbons (Fsp3) is 0.158. The van der Waals surface area contributed by atoms with Gasteiger partial charge in [-0.1, -0.05) is 48.5 Å². The first-order valence-electron chi connectivity index (χ1n) is 8.36. The highest BCUT2D eigenvalue weighted by Crippen LogP contribution is 2.35. The van der Waals surface area contributed by atoms with Crippen molar-refractivity contribution in [1.82, 2.24) is 20.8 Å². The van der Waals surface area contributed by atoms with E-state index in [1.54, 1.807) is 6.92 Å². The van der Waals surface area contributed by atoms with Crippen LogP contribution in [0.4, 0.5) is 4.79 Å². The molecule has 0 aliphatic heterocycles. The van der Waals surface area contributed by atoms with E-state index in [4.69, 9.17) is 4.42 Å². The molecule has 0 radical (unpaired) electrons. The molecule has 138 valence electrons. The van der Waals surface area contributed by atoms with Crippen LogP contribution in [0, 0.1) is 0 Å². The molecule has 27 heavy (non-hydrogen) atoms. The predicted octanol–water partition coefficient (Wildman–Crippen LogP) is 3.42. The van der Waals surface area contributed by atoms with Gasteiger partial charge in [0.15, 0.2) is 0 Å². The van der Waals surface area contributed by atoms with Crippen molar-refractivity contribution in [3.8, 4) is 11.5 Å². The third kappa shape index (κ3) is 4.95. The van der Waals surface area contributed by atoms with Crippen molar-refractivity contribution >= 4 is 23.7 Å². The van der Waals surface area contributed by atoms with E-state index < -0.39 is 17.2 Å². The molecule has 0 saturated heterocycles. The maximum Gasteiger partial charge on any atom is 0.321 e. The molecule has 0 aliphatic carbocycles. The maximum atomic E-state index is 12.6. The third-order valence-corrected chi connectivity index (χ3v) is 4.65. The molecular formula is C19H18N4O3S. The van der Waals surface area contributed by atoms with Gasteiger partial charge < -0.3 is 9.73 Å². The SMILES string of the molecule is CCNC(=O)NC(=O)[C@H](Sc1nnc(-c2ccccc2)o1)c1ccccc1. The van der Waals surface area contributed by atoms with Gasteiger partial charge in [-0.05, 0) is 36.4 Å². The van der Waals surface area contributed by atoms with Gasteiger partial charge >= 0.3 is 6.03 Å². The Hall–Kier alpha value is -3.13. The molecule has 0 aliphatic rings. The van der Waals surface area contributed by atoms with E-state index in [2.05, 4.69) is 20.8 Å². The molecule has 0 unspecified atom stereocenters. The minimum absolute atomic E-state index is 0.244. The number of aromatic nitrogens is 2. The molecule has 0 saturated carbocycles. The molecule has 1 aromatic heterocycles. The van der Waals surface area contributed by atoms with Crippen LogP contribution in [-0.2, 0) is 4.79 Å². The predicted molar refractivity (Wildman–Crippen MR) is 102 cm³/mol. The van der Waals surface area contributed by atoms with Crippen LogP contribution in [0.3, 0.4) is 0 Å². The Bertz CT molecular complexity index is 900. The Kier molecular flexibility index (Phi) is 6.22. The van der Waals surface area contributed by atoms with Crippen LogP contribution in [0.1, 0.15) is 17.7 Å². The van der Waals surface area contributed by atoms with Crippen LogP contribution < -0.4 is 10.6 Å². The van der Waals surface area contributed by atoms with Crippen LogP contribution in [0.2, 0.25) is 0 Å². The van der Waals surface area contributed by atoms with E-state index in [0.29, 0.717) is 12.4 Å². The molecule has 8 heteroatoms. The molecular weight excluding hydrogens is 364 g/mol. The van der Waals surface area contributed by atoms with Gasteiger partial charge in [0.25, 0.3) is 5.22 Å². The zero-order valence-corrected chi connectivity index (χ0v) is 15.4. The van der Waals surface area contributed by atoms with Crippen LogP contribution >= 0.6 is 11.8 Å². The minimum Gasteiger partial charge on any atom is -0.411 e. The third-order valence-electron chi connectivity index (χ3n) is 3.56. The van der Waals surface area contributed by atoms with E-state index in [1.807, 2.05) is 60.7 Å². The monoisotopic (exact) mass is 382 g/mol. The number of thioether (sulfide) groups is 1. The van der Waals surface area contributed by atoms with Crippen LogP contribution in [0.15, 0.2) is 70.3 Å². The highest BCUT2D eigenvalue weighted by Gasteiger charge is 2.26. The van der Waals surface area contributed by atoms with Crippen LogP contribution in [0.25, 0.3) is 11.5 Å². The summed E-state index contributed by atoms with van der Waals surface area (Å²) in [5.41, 5.74) is 1.52. The van der Waals surface area contributed by atoms with E-state index >= 15 is 0 Å². The average Bonchev–Trinajstić information content (AvgIpc) is 3.16. The lowest BCUT2D eigenvalue weighted by atomic mass is 10.1.